The molecule has 30 heavy (non-hydrogen) atoms. The Hall–Kier alpha value is -2.87. The molecule has 0 radical (unpaired) electrons. The van der Waals surface area contributed by atoms with Crippen LogP contribution in [-0.2, 0) is 5.75 Å². The summed E-state index contributed by atoms with van der Waals surface area (Å²) in [6, 6.07) is 13.4. The highest BCUT2D eigenvalue weighted by atomic mass is 32.2. The molecule has 0 fully saturated rings. The Bertz CT molecular complexity index is 956. The van der Waals surface area contributed by atoms with Crippen molar-refractivity contribution in [1.82, 2.24) is 20.5 Å². The molecule has 0 saturated carbocycles. The highest BCUT2D eigenvalue weighted by molar-refractivity contribution is 7.98. The highest BCUT2D eigenvalue weighted by Crippen LogP contribution is 2.23. The fourth-order valence-electron chi connectivity index (χ4n) is 2.65. The lowest BCUT2D eigenvalue weighted by molar-refractivity contribution is 0.0860. The number of ether oxygens (including phenoxy) is 1. The predicted molar refractivity (Wildman–Crippen MR) is 115 cm³/mol. The van der Waals surface area contributed by atoms with Gasteiger partial charge in [0.25, 0.3) is 5.91 Å². The van der Waals surface area contributed by atoms with E-state index in [1.807, 2.05) is 32.9 Å². The SMILES string of the molecule is CC(C)(C)C(COc1ccccc1F)NC(=O)c1ccc(CSc2ncn[nH]2)cc1. The molecule has 2 N–H and O–H groups in total. The number of benzene rings is 2. The number of halogens is 1. The Kier molecular flexibility index (Phi) is 7.10. The van der Waals surface area contributed by atoms with Gasteiger partial charge in [-0.1, -0.05) is 56.8 Å². The maximum absolute atomic E-state index is 13.8. The smallest absolute Gasteiger partial charge is 0.251 e. The molecule has 0 spiro atoms. The summed E-state index contributed by atoms with van der Waals surface area (Å²) in [6.07, 6.45) is 1.47. The number of thioether (sulfide) groups is 1. The molecular formula is C22H25FN4O2S. The molecule has 3 aromatic rings. The minimum absolute atomic E-state index is 0.169. The standard InChI is InChI=1S/C22H25FN4O2S/c1-22(2,3)19(12-29-18-7-5-4-6-17(18)23)26-20(28)16-10-8-15(9-11-16)13-30-21-24-14-25-27-21/h4-11,14,19H,12-13H2,1-3H3,(H,26,28)(H,24,25,27). The zero-order chi connectivity index (χ0) is 21.6. The van der Waals surface area contributed by atoms with Crippen LogP contribution in [0.1, 0.15) is 36.7 Å². The summed E-state index contributed by atoms with van der Waals surface area (Å²) < 4.78 is 19.5. The Morgan fingerprint density at radius 1 is 1.20 bits per heavy atom. The van der Waals surface area contributed by atoms with Crippen molar-refractivity contribution < 1.29 is 13.9 Å². The van der Waals surface area contributed by atoms with Gasteiger partial charge in [-0.2, -0.15) is 5.10 Å². The molecular weight excluding hydrogens is 403 g/mol. The summed E-state index contributed by atoms with van der Waals surface area (Å²) in [5.41, 5.74) is 1.36. The van der Waals surface area contributed by atoms with E-state index in [0.717, 1.165) is 16.5 Å². The van der Waals surface area contributed by atoms with Crippen molar-refractivity contribution >= 4 is 17.7 Å². The highest BCUT2D eigenvalue weighted by Gasteiger charge is 2.27. The van der Waals surface area contributed by atoms with Gasteiger partial charge in [0, 0.05) is 11.3 Å². The van der Waals surface area contributed by atoms with Gasteiger partial charge in [0.2, 0.25) is 0 Å². The van der Waals surface area contributed by atoms with Crippen molar-refractivity contribution in [2.24, 2.45) is 5.41 Å². The molecule has 3 rings (SSSR count). The van der Waals surface area contributed by atoms with Gasteiger partial charge in [-0.15, -0.1) is 0 Å². The zero-order valence-corrected chi connectivity index (χ0v) is 18.0. The minimum atomic E-state index is -0.421. The molecule has 0 saturated heterocycles. The first-order chi connectivity index (χ1) is 14.3. The molecule has 0 aliphatic rings. The lowest BCUT2D eigenvalue weighted by Crippen LogP contribution is -2.47. The Morgan fingerprint density at radius 2 is 1.93 bits per heavy atom. The number of rotatable bonds is 8. The van der Waals surface area contributed by atoms with Crippen molar-refractivity contribution in [3.05, 3.63) is 71.8 Å². The largest absolute Gasteiger partial charge is 0.488 e. The van der Waals surface area contributed by atoms with Crippen LogP contribution in [0.25, 0.3) is 0 Å². The van der Waals surface area contributed by atoms with Crippen molar-refractivity contribution in [3.8, 4) is 5.75 Å². The van der Waals surface area contributed by atoms with Gasteiger partial charge in [-0.3, -0.25) is 9.89 Å². The number of carbonyl (C=O) groups is 1. The molecule has 6 nitrogen and oxygen atoms in total. The summed E-state index contributed by atoms with van der Waals surface area (Å²) in [6.45, 7) is 6.19. The minimum Gasteiger partial charge on any atom is -0.488 e. The summed E-state index contributed by atoms with van der Waals surface area (Å²) in [4.78, 5) is 16.8. The normalized spacial score (nSPS) is 12.4. The van der Waals surface area contributed by atoms with Crippen molar-refractivity contribution in [2.45, 2.75) is 37.7 Å². The van der Waals surface area contributed by atoms with E-state index in [4.69, 9.17) is 4.74 Å². The fraction of sp³-hybridized carbons (Fsp3) is 0.318. The van der Waals surface area contributed by atoms with Crippen LogP contribution in [0.3, 0.4) is 0 Å². The quantitative estimate of drug-likeness (QED) is 0.518. The number of hydrogen-bond acceptors (Lipinski definition) is 5. The summed E-state index contributed by atoms with van der Waals surface area (Å²) in [5.74, 6) is 0.282. The maximum atomic E-state index is 13.8. The molecule has 0 bridgehead atoms. The van der Waals surface area contributed by atoms with Crippen LogP contribution in [0.5, 0.6) is 5.75 Å². The van der Waals surface area contributed by atoms with Gasteiger partial charge >= 0.3 is 0 Å². The third-order valence-corrected chi connectivity index (χ3v) is 5.53. The number of nitrogens with zero attached hydrogens (tertiary/aromatic N) is 2. The molecule has 1 aromatic heterocycles. The first-order valence-electron chi connectivity index (χ1n) is 9.58. The van der Waals surface area contributed by atoms with Crippen molar-refractivity contribution in [3.63, 3.8) is 0 Å². The summed E-state index contributed by atoms with van der Waals surface area (Å²) in [7, 11) is 0. The first-order valence-corrected chi connectivity index (χ1v) is 10.6. The second-order valence-corrected chi connectivity index (χ2v) is 8.87. The number of aromatic amines is 1. The number of para-hydroxylation sites is 1. The number of amides is 1. The topological polar surface area (TPSA) is 79.9 Å². The van der Waals surface area contributed by atoms with Crippen LogP contribution in [0.15, 0.2) is 60.0 Å². The van der Waals surface area contributed by atoms with E-state index in [9.17, 15) is 9.18 Å². The third kappa shape index (κ3) is 6.06. The van der Waals surface area contributed by atoms with E-state index >= 15 is 0 Å². The van der Waals surface area contributed by atoms with Crippen LogP contribution in [0, 0.1) is 11.2 Å². The van der Waals surface area contributed by atoms with E-state index in [2.05, 4.69) is 20.5 Å². The van der Waals surface area contributed by atoms with Gasteiger partial charge in [0.15, 0.2) is 16.7 Å². The molecule has 1 amide bonds. The zero-order valence-electron chi connectivity index (χ0n) is 17.2. The Labute approximate surface area is 179 Å². The average molecular weight is 429 g/mol. The molecule has 1 unspecified atom stereocenters. The van der Waals surface area contributed by atoms with Gasteiger partial charge in [-0.05, 0) is 35.2 Å². The number of aromatic nitrogens is 3. The Balaban J connectivity index is 1.60. The van der Waals surface area contributed by atoms with Gasteiger partial charge in [0.05, 0.1) is 6.04 Å². The van der Waals surface area contributed by atoms with E-state index < -0.39 is 5.82 Å². The van der Waals surface area contributed by atoms with Crippen LogP contribution >= 0.6 is 11.8 Å². The van der Waals surface area contributed by atoms with Crippen molar-refractivity contribution in [2.75, 3.05) is 6.61 Å². The summed E-state index contributed by atoms with van der Waals surface area (Å²) >= 11 is 1.54. The molecule has 2 aromatic carbocycles. The van der Waals surface area contributed by atoms with Crippen LogP contribution < -0.4 is 10.1 Å². The summed E-state index contributed by atoms with van der Waals surface area (Å²) in [5, 5.41) is 10.4. The second kappa shape index (κ2) is 9.75. The molecule has 1 atom stereocenters. The number of hydrogen-bond donors (Lipinski definition) is 2. The van der Waals surface area contributed by atoms with E-state index in [1.54, 1.807) is 30.3 Å². The van der Waals surface area contributed by atoms with Crippen LogP contribution in [0.4, 0.5) is 4.39 Å². The third-order valence-electron chi connectivity index (χ3n) is 4.58. The fourth-order valence-corrected chi connectivity index (χ4v) is 3.39. The van der Waals surface area contributed by atoms with E-state index in [1.165, 1.54) is 24.2 Å². The molecule has 0 aliphatic heterocycles. The molecule has 0 aliphatic carbocycles. The maximum Gasteiger partial charge on any atom is 0.251 e. The van der Waals surface area contributed by atoms with Gasteiger partial charge in [-0.25, -0.2) is 9.37 Å². The van der Waals surface area contributed by atoms with Gasteiger partial charge in [0.1, 0.15) is 12.9 Å². The lowest BCUT2D eigenvalue weighted by Gasteiger charge is -2.31. The van der Waals surface area contributed by atoms with Crippen molar-refractivity contribution in [1.29, 1.82) is 0 Å². The molecule has 8 heteroatoms. The predicted octanol–water partition coefficient (Wildman–Crippen LogP) is 4.46. The molecule has 1 heterocycles. The average Bonchev–Trinajstić information content (AvgIpc) is 3.23. The number of H-pyrrole nitrogens is 1. The van der Waals surface area contributed by atoms with Crippen LogP contribution in [0.2, 0.25) is 0 Å². The lowest BCUT2D eigenvalue weighted by atomic mass is 9.87. The second-order valence-electron chi connectivity index (χ2n) is 7.91. The van der Waals surface area contributed by atoms with Crippen LogP contribution in [-0.4, -0.2) is 33.7 Å². The molecule has 158 valence electrons. The number of nitrogens with one attached hydrogen (secondary N) is 2. The Morgan fingerprint density at radius 3 is 2.57 bits per heavy atom. The first kappa shape index (κ1) is 21.8. The van der Waals surface area contributed by atoms with E-state index in [-0.39, 0.29) is 29.7 Å². The monoisotopic (exact) mass is 428 g/mol. The van der Waals surface area contributed by atoms with E-state index in [0.29, 0.717) is 5.56 Å². The number of carbonyl (C=O) groups excluding carboxylic acids is 1. The van der Waals surface area contributed by atoms with Gasteiger partial charge < -0.3 is 10.1 Å².